The van der Waals surface area contributed by atoms with Gasteiger partial charge in [-0.2, -0.15) is 0 Å². The average Bonchev–Trinajstić information content (AvgIpc) is 3.12. The van der Waals surface area contributed by atoms with Crippen LogP contribution in [0.25, 0.3) is 11.3 Å². The zero-order valence-electron chi connectivity index (χ0n) is 13.8. The lowest BCUT2D eigenvalue weighted by atomic mass is 10.1. The lowest BCUT2D eigenvalue weighted by Gasteiger charge is -2.11. The van der Waals surface area contributed by atoms with Gasteiger partial charge in [-0.15, -0.1) is 0 Å². The third kappa shape index (κ3) is 4.87. The SMILES string of the molecule is O=C(NC(=S)Nc1ccc(Cl)c(-c2ccc(CO)o2)c1)c1cccc(Cl)c1. The number of benzene rings is 2. The Bertz CT molecular complexity index is 1000. The number of amides is 1. The normalized spacial score (nSPS) is 10.5. The first kappa shape index (κ1) is 19.4. The van der Waals surface area contributed by atoms with Crippen LogP contribution in [0.3, 0.4) is 0 Å². The summed E-state index contributed by atoms with van der Waals surface area (Å²) < 4.78 is 5.52. The number of carbonyl (C=O) groups is 1. The van der Waals surface area contributed by atoms with Crippen LogP contribution in [0.2, 0.25) is 10.0 Å². The highest BCUT2D eigenvalue weighted by atomic mass is 35.5. The Morgan fingerprint density at radius 2 is 1.93 bits per heavy atom. The maximum absolute atomic E-state index is 12.2. The van der Waals surface area contributed by atoms with Crippen LogP contribution in [0.1, 0.15) is 16.1 Å². The van der Waals surface area contributed by atoms with Gasteiger partial charge in [-0.3, -0.25) is 10.1 Å². The molecule has 1 aromatic heterocycles. The predicted octanol–water partition coefficient (Wildman–Crippen LogP) is 4.87. The van der Waals surface area contributed by atoms with E-state index >= 15 is 0 Å². The summed E-state index contributed by atoms with van der Waals surface area (Å²) in [6, 6.07) is 15.1. The fraction of sp³-hybridized carbons (Fsp3) is 0.0526. The second-order valence-electron chi connectivity index (χ2n) is 5.54. The molecule has 8 heteroatoms. The van der Waals surface area contributed by atoms with Gasteiger partial charge in [0.2, 0.25) is 0 Å². The number of thiocarbonyl (C=S) groups is 1. The molecule has 1 heterocycles. The fourth-order valence-electron chi connectivity index (χ4n) is 2.37. The summed E-state index contributed by atoms with van der Waals surface area (Å²) in [6.07, 6.45) is 0. The molecule has 138 valence electrons. The predicted molar refractivity (Wildman–Crippen MR) is 110 cm³/mol. The Morgan fingerprint density at radius 3 is 2.63 bits per heavy atom. The molecule has 27 heavy (non-hydrogen) atoms. The van der Waals surface area contributed by atoms with Crippen LogP contribution in [-0.4, -0.2) is 16.1 Å². The highest BCUT2D eigenvalue weighted by molar-refractivity contribution is 7.80. The molecule has 3 aromatic rings. The van der Waals surface area contributed by atoms with Crippen molar-refractivity contribution in [3.05, 3.63) is 76.0 Å². The molecule has 0 saturated carbocycles. The summed E-state index contributed by atoms with van der Waals surface area (Å²) >= 11 is 17.3. The molecule has 0 aliphatic carbocycles. The minimum atomic E-state index is -0.372. The van der Waals surface area contributed by atoms with E-state index in [1.54, 1.807) is 54.6 Å². The number of aliphatic hydroxyl groups excluding tert-OH is 1. The first-order chi connectivity index (χ1) is 13.0. The van der Waals surface area contributed by atoms with Crippen LogP contribution in [0.15, 0.2) is 59.0 Å². The molecule has 0 fully saturated rings. The van der Waals surface area contributed by atoms with Crippen LogP contribution in [0, 0.1) is 0 Å². The number of nitrogens with one attached hydrogen (secondary N) is 2. The molecule has 2 aromatic carbocycles. The number of hydrogen-bond donors (Lipinski definition) is 3. The largest absolute Gasteiger partial charge is 0.459 e. The third-order valence-electron chi connectivity index (χ3n) is 3.62. The van der Waals surface area contributed by atoms with E-state index in [0.717, 1.165) is 0 Å². The fourth-order valence-corrected chi connectivity index (χ4v) is 2.98. The number of aliphatic hydroxyl groups is 1. The zero-order valence-corrected chi connectivity index (χ0v) is 16.2. The lowest BCUT2D eigenvalue weighted by molar-refractivity contribution is 0.0977. The minimum absolute atomic E-state index is 0.128. The summed E-state index contributed by atoms with van der Waals surface area (Å²) in [6.45, 7) is -0.199. The van der Waals surface area contributed by atoms with Crippen LogP contribution in [0.5, 0.6) is 0 Å². The molecule has 5 nitrogen and oxygen atoms in total. The quantitative estimate of drug-likeness (QED) is 0.524. The molecule has 3 N–H and O–H groups in total. The smallest absolute Gasteiger partial charge is 0.257 e. The number of carbonyl (C=O) groups excluding carboxylic acids is 1. The van der Waals surface area contributed by atoms with E-state index in [9.17, 15) is 4.79 Å². The topological polar surface area (TPSA) is 74.5 Å². The van der Waals surface area contributed by atoms with Crippen molar-refractivity contribution in [3.63, 3.8) is 0 Å². The molecule has 0 aliphatic heterocycles. The van der Waals surface area contributed by atoms with Gasteiger partial charge in [0, 0.05) is 21.8 Å². The number of rotatable bonds is 4. The Labute approximate surface area is 170 Å². The van der Waals surface area contributed by atoms with Gasteiger partial charge >= 0.3 is 0 Å². The van der Waals surface area contributed by atoms with Crippen molar-refractivity contribution < 1.29 is 14.3 Å². The maximum Gasteiger partial charge on any atom is 0.257 e. The summed E-state index contributed by atoms with van der Waals surface area (Å²) in [5.41, 5.74) is 1.65. The molecule has 0 aliphatic rings. The van der Waals surface area contributed by atoms with Gasteiger partial charge in [0.05, 0.1) is 5.02 Å². The highest BCUT2D eigenvalue weighted by Crippen LogP contribution is 2.32. The van der Waals surface area contributed by atoms with Crippen LogP contribution < -0.4 is 10.6 Å². The van der Waals surface area contributed by atoms with Crippen molar-refractivity contribution in [1.82, 2.24) is 5.32 Å². The van der Waals surface area contributed by atoms with Crippen molar-refractivity contribution in [3.8, 4) is 11.3 Å². The van der Waals surface area contributed by atoms with E-state index in [-0.39, 0.29) is 17.6 Å². The molecular formula is C19H14Cl2N2O3S. The first-order valence-electron chi connectivity index (χ1n) is 7.83. The van der Waals surface area contributed by atoms with Crippen molar-refractivity contribution in [2.45, 2.75) is 6.61 Å². The van der Waals surface area contributed by atoms with Gasteiger partial charge in [0.15, 0.2) is 5.11 Å². The number of furan rings is 1. The van der Waals surface area contributed by atoms with E-state index in [4.69, 9.17) is 44.9 Å². The number of halogens is 2. The van der Waals surface area contributed by atoms with Gasteiger partial charge in [-0.05, 0) is 60.7 Å². The summed E-state index contributed by atoms with van der Waals surface area (Å²) in [5.74, 6) is 0.577. The maximum atomic E-state index is 12.2. The third-order valence-corrected chi connectivity index (χ3v) is 4.39. The van der Waals surface area contributed by atoms with Crippen molar-refractivity contribution in [2.24, 2.45) is 0 Å². The van der Waals surface area contributed by atoms with Crippen LogP contribution in [-0.2, 0) is 6.61 Å². The second kappa shape index (κ2) is 8.54. The summed E-state index contributed by atoms with van der Waals surface area (Å²) in [5, 5.41) is 15.7. The monoisotopic (exact) mass is 420 g/mol. The zero-order chi connectivity index (χ0) is 19.4. The molecule has 1 amide bonds. The van der Waals surface area contributed by atoms with E-state index in [1.807, 2.05) is 0 Å². The average molecular weight is 421 g/mol. The van der Waals surface area contributed by atoms with Gasteiger partial charge in [-0.1, -0.05) is 29.3 Å². The molecule has 0 atom stereocenters. The highest BCUT2D eigenvalue weighted by Gasteiger charge is 2.12. The Hall–Kier alpha value is -2.38. The molecule has 0 spiro atoms. The van der Waals surface area contributed by atoms with E-state index < -0.39 is 0 Å². The lowest BCUT2D eigenvalue weighted by Crippen LogP contribution is -2.34. The molecule has 3 rings (SSSR count). The summed E-state index contributed by atoms with van der Waals surface area (Å²) in [4.78, 5) is 12.2. The molecular weight excluding hydrogens is 407 g/mol. The van der Waals surface area contributed by atoms with Gasteiger partial charge in [0.1, 0.15) is 18.1 Å². The molecule has 0 unspecified atom stereocenters. The first-order valence-corrected chi connectivity index (χ1v) is 9.00. The van der Waals surface area contributed by atoms with E-state index in [2.05, 4.69) is 10.6 Å². The number of hydrogen-bond acceptors (Lipinski definition) is 4. The number of anilines is 1. The van der Waals surface area contributed by atoms with E-state index in [1.165, 1.54) is 0 Å². The van der Waals surface area contributed by atoms with E-state index in [0.29, 0.717) is 38.4 Å². The summed E-state index contributed by atoms with van der Waals surface area (Å²) in [7, 11) is 0. The van der Waals surface area contributed by atoms with Crippen molar-refractivity contribution in [2.75, 3.05) is 5.32 Å². The van der Waals surface area contributed by atoms with Crippen molar-refractivity contribution in [1.29, 1.82) is 0 Å². The van der Waals surface area contributed by atoms with Crippen molar-refractivity contribution >= 4 is 52.1 Å². The standard InChI is InChI=1S/C19H14Cl2N2O3S/c20-12-3-1-2-11(8-12)18(25)23-19(27)22-13-4-6-16(21)15(9-13)17-7-5-14(10-24)26-17/h1-9,24H,10H2,(H2,22,23,25,27). The Kier molecular flexibility index (Phi) is 6.13. The van der Waals surface area contributed by atoms with Crippen LogP contribution in [0.4, 0.5) is 5.69 Å². The second-order valence-corrected chi connectivity index (χ2v) is 6.79. The molecule has 0 radical (unpaired) electrons. The van der Waals surface area contributed by atoms with Gasteiger partial charge < -0.3 is 14.8 Å². The van der Waals surface area contributed by atoms with Gasteiger partial charge in [0.25, 0.3) is 5.91 Å². The Balaban J connectivity index is 1.72. The minimum Gasteiger partial charge on any atom is -0.459 e. The van der Waals surface area contributed by atoms with Crippen LogP contribution >= 0.6 is 35.4 Å². The van der Waals surface area contributed by atoms with Gasteiger partial charge in [-0.25, -0.2) is 0 Å². The molecule has 0 bridgehead atoms. The Morgan fingerprint density at radius 1 is 1.11 bits per heavy atom. The molecule has 0 saturated heterocycles.